The van der Waals surface area contributed by atoms with Gasteiger partial charge in [0.2, 0.25) is 10.0 Å². The van der Waals surface area contributed by atoms with Gasteiger partial charge in [0.25, 0.3) is 0 Å². The third-order valence-corrected chi connectivity index (χ3v) is 4.01. The zero-order chi connectivity index (χ0) is 10.6. The molecule has 1 aliphatic carbocycles. The summed E-state index contributed by atoms with van der Waals surface area (Å²) in [6, 6.07) is 0. The molecule has 1 rings (SSSR count). The molecule has 4 nitrogen and oxygen atoms in total. The van der Waals surface area contributed by atoms with Crippen LogP contribution in [-0.4, -0.2) is 38.1 Å². The molecule has 2 N–H and O–H groups in total. The normalized spacial score (nSPS) is 16.9. The molecule has 5 heteroatoms. The number of hydrogen-bond acceptors (Lipinski definition) is 3. The number of rotatable bonds is 6. The second-order valence-electron chi connectivity index (χ2n) is 3.54. The Labute approximate surface area is 85.5 Å². The maximum atomic E-state index is 11.6. The van der Waals surface area contributed by atoms with Crippen molar-refractivity contribution in [3.05, 3.63) is 0 Å². The predicted molar refractivity (Wildman–Crippen MR) is 56.0 cm³/mol. The SMILES string of the molecule is C#CCN(CC1CC1)S(=O)(=O)CCN. The van der Waals surface area contributed by atoms with Gasteiger partial charge in [-0.15, -0.1) is 6.42 Å². The highest BCUT2D eigenvalue weighted by molar-refractivity contribution is 7.89. The van der Waals surface area contributed by atoms with Crippen LogP contribution in [0, 0.1) is 18.3 Å². The van der Waals surface area contributed by atoms with Crippen LogP contribution < -0.4 is 5.73 Å². The first-order valence-corrected chi connectivity index (χ1v) is 6.32. The molecule has 1 aliphatic rings. The van der Waals surface area contributed by atoms with E-state index < -0.39 is 10.0 Å². The van der Waals surface area contributed by atoms with Crippen molar-refractivity contribution in [1.82, 2.24) is 4.31 Å². The lowest BCUT2D eigenvalue weighted by Crippen LogP contribution is -2.37. The van der Waals surface area contributed by atoms with Crippen LogP contribution in [-0.2, 0) is 10.0 Å². The zero-order valence-electron chi connectivity index (χ0n) is 8.15. The highest BCUT2D eigenvalue weighted by Gasteiger charge is 2.29. The topological polar surface area (TPSA) is 63.4 Å². The highest BCUT2D eigenvalue weighted by atomic mass is 32.2. The predicted octanol–water partition coefficient (Wildman–Crippen LogP) is -0.380. The third kappa shape index (κ3) is 3.29. The monoisotopic (exact) mass is 216 g/mol. The van der Waals surface area contributed by atoms with Crippen LogP contribution in [0.2, 0.25) is 0 Å². The van der Waals surface area contributed by atoms with Gasteiger partial charge in [0.1, 0.15) is 0 Å². The lowest BCUT2D eigenvalue weighted by atomic mass is 10.4. The van der Waals surface area contributed by atoms with E-state index >= 15 is 0 Å². The number of nitrogens with two attached hydrogens (primary N) is 1. The van der Waals surface area contributed by atoms with E-state index in [0.29, 0.717) is 12.5 Å². The van der Waals surface area contributed by atoms with E-state index in [2.05, 4.69) is 5.92 Å². The molecule has 1 saturated carbocycles. The Kier molecular flexibility index (Phi) is 3.93. The highest BCUT2D eigenvalue weighted by Crippen LogP contribution is 2.30. The van der Waals surface area contributed by atoms with Crippen molar-refractivity contribution < 1.29 is 8.42 Å². The Hall–Kier alpha value is -0.570. The molecule has 0 aromatic carbocycles. The van der Waals surface area contributed by atoms with Gasteiger partial charge in [0.05, 0.1) is 12.3 Å². The van der Waals surface area contributed by atoms with Crippen molar-refractivity contribution in [2.45, 2.75) is 12.8 Å². The second kappa shape index (κ2) is 4.78. The summed E-state index contributed by atoms with van der Waals surface area (Å²) >= 11 is 0. The molecular weight excluding hydrogens is 200 g/mol. The van der Waals surface area contributed by atoms with E-state index in [4.69, 9.17) is 12.2 Å². The van der Waals surface area contributed by atoms with E-state index in [1.807, 2.05) is 0 Å². The fraction of sp³-hybridized carbons (Fsp3) is 0.778. The number of sulfonamides is 1. The summed E-state index contributed by atoms with van der Waals surface area (Å²) in [5.41, 5.74) is 5.24. The summed E-state index contributed by atoms with van der Waals surface area (Å²) in [4.78, 5) is 0. The van der Waals surface area contributed by atoms with Crippen LogP contribution >= 0.6 is 0 Å². The lowest BCUT2D eigenvalue weighted by Gasteiger charge is -2.18. The van der Waals surface area contributed by atoms with Gasteiger partial charge in [-0.2, -0.15) is 4.31 Å². The Morgan fingerprint density at radius 3 is 2.57 bits per heavy atom. The summed E-state index contributed by atoms with van der Waals surface area (Å²) < 4.78 is 24.6. The first-order valence-electron chi connectivity index (χ1n) is 4.71. The van der Waals surface area contributed by atoms with E-state index in [9.17, 15) is 8.42 Å². The van der Waals surface area contributed by atoms with Gasteiger partial charge in [-0.1, -0.05) is 5.92 Å². The first-order chi connectivity index (χ1) is 6.60. The quantitative estimate of drug-likeness (QED) is 0.616. The standard InChI is InChI=1S/C9H16N2O2S/c1-2-6-11(8-9-3-4-9)14(12,13)7-5-10/h1,9H,3-8,10H2. The van der Waals surface area contributed by atoms with E-state index in [0.717, 1.165) is 12.8 Å². The van der Waals surface area contributed by atoms with Crippen LogP contribution in [0.1, 0.15) is 12.8 Å². The van der Waals surface area contributed by atoms with Crippen LogP contribution in [0.15, 0.2) is 0 Å². The minimum Gasteiger partial charge on any atom is -0.329 e. The van der Waals surface area contributed by atoms with Crippen molar-refractivity contribution >= 4 is 10.0 Å². The zero-order valence-corrected chi connectivity index (χ0v) is 8.96. The number of hydrogen-bond donors (Lipinski definition) is 1. The second-order valence-corrected chi connectivity index (χ2v) is 5.63. The number of nitrogens with zero attached hydrogens (tertiary/aromatic N) is 1. The molecule has 0 aromatic rings. The Morgan fingerprint density at radius 2 is 2.14 bits per heavy atom. The van der Waals surface area contributed by atoms with Gasteiger partial charge < -0.3 is 5.73 Å². The summed E-state index contributed by atoms with van der Waals surface area (Å²) in [5, 5.41) is 0. The maximum absolute atomic E-state index is 11.6. The molecule has 0 aromatic heterocycles. The summed E-state index contributed by atoms with van der Waals surface area (Å²) in [5.74, 6) is 2.87. The smallest absolute Gasteiger partial charge is 0.216 e. The molecule has 0 bridgehead atoms. The Bertz CT molecular complexity index is 314. The minimum absolute atomic E-state index is 0.0125. The van der Waals surface area contributed by atoms with Crippen LogP contribution in [0.4, 0.5) is 0 Å². The van der Waals surface area contributed by atoms with E-state index in [-0.39, 0.29) is 18.8 Å². The molecule has 1 fully saturated rings. The Balaban J connectivity index is 2.60. The molecule has 0 amide bonds. The molecule has 80 valence electrons. The molecule has 0 unspecified atom stereocenters. The molecule has 0 saturated heterocycles. The Morgan fingerprint density at radius 1 is 1.50 bits per heavy atom. The van der Waals surface area contributed by atoms with Gasteiger partial charge in [-0.3, -0.25) is 0 Å². The summed E-state index contributed by atoms with van der Waals surface area (Å²) in [7, 11) is -3.22. The summed E-state index contributed by atoms with van der Waals surface area (Å²) in [6.45, 7) is 0.874. The largest absolute Gasteiger partial charge is 0.329 e. The molecule has 0 spiro atoms. The van der Waals surface area contributed by atoms with Gasteiger partial charge >= 0.3 is 0 Å². The van der Waals surface area contributed by atoms with E-state index in [1.165, 1.54) is 4.31 Å². The van der Waals surface area contributed by atoms with E-state index in [1.54, 1.807) is 0 Å². The fourth-order valence-electron chi connectivity index (χ4n) is 1.24. The minimum atomic E-state index is -3.22. The van der Waals surface area contributed by atoms with Crippen molar-refractivity contribution in [1.29, 1.82) is 0 Å². The first kappa shape index (κ1) is 11.5. The van der Waals surface area contributed by atoms with Gasteiger partial charge in [0, 0.05) is 13.1 Å². The average molecular weight is 216 g/mol. The third-order valence-electron chi connectivity index (χ3n) is 2.20. The molecular formula is C9H16N2O2S. The molecule has 14 heavy (non-hydrogen) atoms. The lowest BCUT2D eigenvalue weighted by molar-refractivity contribution is 0.430. The van der Waals surface area contributed by atoms with Crippen molar-refractivity contribution in [2.24, 2.45) is 11.7 Å². The molecule has 0 radical (unpaired) electrons. The van der Waals surface area contributed by atoms with Crippen molar-refractivity contribution in [3.8, 4) is 12.3 Å². The van der Waals surface area contributed by atoms with Crippen molar-refractivity contribution in [3.63, 3.8) is 0 Å². The van der Waals surface area contributed by atoms with Crippen LogP contribution in [0.5, 0.6) is 0 Å². The van der Waals surface area contributed by atoms with Gasteiger partial charge in [-0.25, -0.2) is 8.42 Å². The summed E-state index contributed by atoms with van der Waals surface area (Å²) in [6.07, 6.45) is 7.35. The van der Waals surface area contributed by atoms with Gasteiger partial charge in [-0.05, 0) is 18.8 Å². The molecule has 0 aliphatic heterocycles. The molecule has 0 atom stereocenters. The van der Waals surface area contributed by atoms with Crippen LogP contribution in [0.25, 0.3) is 0 Å². The molecule has 0 heterocycles. The maximum Gasteiger partial charge on any atom is 0.216 e. The fourth-order valence-corrected chi connectivity index (χ4v) is 2.51. The van der Waals surface area contributed by atoms with Gasteiger partial charge in [0.15, 0.2) is 0 Å². The van der Waals surface area contributed by atoms with Crippen molar-refractivity contribution in [2.75, 3.05) is 25.4 Å². The van der Waals surface area contributed by atoms with Crippen LogP contribution in [0.3, 0.4) is 0 Å². The number of terminal acetylenes is 1. The average Bonchev–Trinajstić information content (AvgIpc) is 2.87.